The molecule has 5 heteroatoms. The summed E-state index contributed by atoms with van der Waals surface area (Å²) in [6, 6.07) is 0. The van der Waals surface area contributed by atoms with Crippen molar-refractivity contribution in [2.45, 2.75) is 26.2 Å². The molecule has 0 atom stereocenters. The van der Waals surface area contributed by atoms with Crippen LogP contribution in [0, 0.1) is 12.3 Å². The van der Waals surface area contributed by atoms with Gasteiger partial charge in [-0.05, 0) is 44.7 Å². The monoisotopic (exact) mass is 268 g/mol. The molecule has 0 bridgehead atoms. The summed E-state index contributed by atoms with van der Waals surface area (Å²) in [4.78, 5) is 11.0. The van der Waals surface area contributed by atoms with Crippen LogP contribution in [0.1, 0.15) is 25.1 Å². The lowest BCUT2D eigenvalue weighted by atomic mass is 9.78. The molecule has 0 radical (unpaired) electrons. The van der Waals surface area contributed by atoms with Crippen LogP contribution in [0.2, 0.25) is 0 Å². The molecule has 1 aromatic rings. The van der Waals surface area contributed by atoms with Crippen LogP contribution >= 0.6 is 12.4 Å². The van der Waals surface area contributed by atoms with Gasteiger partial charge in [0.05, 0.1) is 18.1 Å². The van der Waals surface area contributed by atoms with Crippen molar-refractivity contribution in [1.82, 2.24) is 15.3 Å². The van der Waals surface area contributed by atoms with Gasteiger partial charge in [0.2, 0.25) is 0 Å². The van der Waals surface area contributed by atoms with Gasteiger partial charge in [0.15, 0.2) is 0 Å². The minimum absolute atomic E-state index is 0. The first-order chi connectivity index (χ1) is 8.27. The number of hydrogen-bond acceptors (Lipinski definition) is 4. The van der Waals surface area contributed by atoms with E-state index < -0.39 is 0 Å². The van der Waals surface area contributed by atoms with Gasteiger partial charge in [-0.25, -0.2) is 9.97 Å². The second kappa shape index (κ2) is 5.41. The van der Waals surface area contributed by atoms with Gasteiger partial charge in [0.1, 0.15) is 5.82 Å². The molecular weight excluding hydrogens is 248 g/mol. The molecule has 1 spiro atoms. The number of hydrogen-bond donors (Lipinski definition) is 1. The molecule has 0 unspecified atom stereocenters. The lowest BCUT2D eigenvalue weighted by molar-refractivity contribution is 0.232. The van der Waals surface area contributed by atoms with Crippen LogP contribution in [-0.4, -0.2) is 36.1 Å². The Morgan fingerprint density at radius 3 is 2.50 bits per heavy atom. The van der Waals surface area contributed by atoms with Gasteiger partial charge < -0.3 is 10.2 Å². The molecule has 3 rings (SSSR count). The summed E-state index contributed by atoms with van der Waals surface area (Å²) < 4.78 is 0. The van der Waals surface area contributed by atoms with Crippen LogP contribution < -0.4 is 10.2 Å². The SMILES string of the molecule is Cc1ncc(N2CCC3(CCNCC3)C2)cn1.Cl. The zero-order chi connectivity index (χ0) is 11.7. The van der Waals surface area contributed by atoms with E-state index in [2.05, 4.69) is 20.2 Å². The third-order valence-corrected chi connectivity index (χ3v) is 4.23. The van der Waals surface area contributed by atoms with E-state index in [4.69, 9.17) is 0 Å². The first kappa shape index (κ1) is 13.6. The Bertz CT molecular complexity index is 386. The maximum atomic E-state index is 4.29. The van der Waals surface area contributed by atoms with Crippen molar-refractivity contribution in [3.63, 3.8) is 0 Å². The number of anilines is 1. The van der Waals surface area contributed by atoms with Crippen molar-refractivity contribution in [2.24, 2.45) is 5.41 Å². The minimum atomic E-state index is 0. The Balaban J connectivity index is 0.00000120. The van der Waals surface area contributed by atoms with Crippen LogP contribution in [0.25, 0.3) is 0 Å². The lowest BCUT2D eigenvalue weighted by Gasteiger charge is -2.33. The van der Waals surface area contributed by atoms with Crippen LogP contribution in [0.5, 0.6) is 0 Å². The molecule has 0 amide bonds. The molecule has 100 valence electrons. The van der Waals surface area contributed by atoms with Crippen molar-refractivity contribution in [3.05, 3.63) is 18.2 Å². The number of piperidine rings is 1. The first-order valence-electron chi connectivity index (χ1n) is 6.52. The molecule has 3 heterocycles. The summed E-state index contributed by atoms with van der Waals surface area (Å²) in [6.45, 7) is 6.63. The van der Waals surface area contributed by atoms with E-state index >= 15 is 0 Å². The fourth-order valence-electron chi connectivity index (χ4n) is 3.07. The standard InChI is InChI=1S/C13H20N4.ClH/c1-11-15-8-12(9-16-11)17-7-4-13(10-17)2-5-14-6-3-13;/h8-9,14H,2-7,10H2,1H3;1H. The molecule has 0 aliphatic carbocycles. The zero-order valence-corrected chi connectivity index (χ0v) is 11.7. The van der Waals surface area contributed by atoms with Crippen molar-refractivity contribution in [1.29, 1.82) is 0 Å². The fourth-order valence-corrected chi connectivity index (χ4v) is 3.07. The van der Waals surface area contributed by atoms with Crippen LogP contribution in [0.15, 0.2) is 12.4 Å². The predicted octanol–water partition coefficient (Wildman–Crippen LogP) is 1.79. The van der Waals surface area contributed by atoms with Crippen molar-refractivity contribution in [2.75, 3.05) is 31.1 Å². The van der Waals surface area contributed by atoms with Crippen molar-refractivity contribution >= 4 is 18.1 Å². The average molecular weight is 269 g/mol. The number of nitrogens with one attached hydrogen (secondary N) is 1. The zero-order valence-electron chi connectivity index (χ0n) is 10.9. The summed E-state index contributed by atoms with van der Waals surface area (Å²) in [7, 11) is 0. The maximum Gasteiger partial charge on any atom is 0.125 e. The van der Waals surface area contributed by atoms with E-state index in [0.717, 1.165) is 12.4 Å². The van der Waals surface area contributed by atoms with Crippen molar-refractivity contribution in [3.8, 4) is 0 Å². The molecular formula is C13H21ClN4. The smallest absolute Gasteiger partial charge is 0.125 e. The largest absolute Gasteiger partial charge is 0.368 e. The summed E-state index contributed by atoms with van der Waals surface area (Å²) in [6.07, 6.45) is 7.87. The first-order valence-corrected chi connectivity index (χ1v) is 6.52. The fraction of sp³-hybridized carbons (Fsp3) is 0.692. The summed E-state index contributed by atoms with van der Waals surface area (Å²) in [5.74, 6) is 0.851. The van der Waals surface area contributed by atoms with Crippen LogP contribution in [-0.2, 0) is 0 Å². The minimum Gasteiger partial charge on any atom is -0.368 e. The Kier molecular flexibility index (Phi) is 4.07. The third-order valence-electron chi connectivity index (χ3n) is 4.23. The van der Waals surface area contributed by atoms with Gasteiger partial charge in [-0.2, -0.15) is 0 Å². The summed E-state index contributed by atoms with van der Waals surface area (Å²) >= 11 is 0. The van der Waals surface area contributed by atoms with E-state index in [-0.39, 0.29) is 12.4 Å². The van der Waals surface area contributed by atoms with E-state index in [1.807, 2.05) is 19.3 Å². The number of rotatable bonds is 1. The third kappa shape index (κ3) is 2.59. The van der Waals surface area contributed by atoms with Gasteiger partial charge in [-0.3, -0.25) is 0 Å². The molecule has 1 N–H and O–H groups in total. The highest BCUT2D eigenvalue weighted by atomic mass is 35.5. The Morgan fingerprint density at radius 2 is 1.83 bits per heavy atom. The van der Waals surface area contributed by atoms with E-state index in [9.17, 15) is 0 Å². The Hall–Kier alpha value is -0.870. The lowest BCUT2D eigenvalue weighted by Crippen LogP contribution is -2.38. The Morgan fingerprint density at radius 1 is 1.17 bits per heavy atom. The highest BCUT2D eigenvalue weighted by molar-refractivity contribution is 5.85. The highest BCUT2D eigenvalue weighted by Gasteiger charge is 2.38. The van der Waals surface area contributed by atoms with Gasteiger partial charge in [0.25, 0.3) is 0 Å². The second-order valence-corrected chi connectivity index (χ2v) is 5.41. The normalized spacial score (nSPS) is 21.9. The molecule has 0 aromatic carbocycles. The van der Waals surface area contributed by atoms with Crippen LogP contribution in [0.3, 0.4) is 0 Å². The van der Waals surface area contributed by atoms with Gasteiger partial charge in [-0.1, -0.05) is 0 Å². The topological polar surface area (TPSA) is 41.1 Å². The molecule has 2 fully saturated rings. The summed E-state index contributed by atoms with van der Waals surface area (Å²) in [5, 5.41) is 3.45. The number of aromatic nitrogens is 2. The molecule has 1 aromatic heterocycles. The number of nitrogens with zero attached hydrogens (tertiary/aromatic N) is 3. The van der Waals surface area contributed by atoms with Crippen LogP contribution in [0.4, 0.5) is 5.69 Å². The quantitative estimate of drug-likeness (QED) is 0.843. The van der Waals surface area contributed by atoms with Crippen molar-refractivity contribution < 1.29 is 0 Å². The van der Waals surface area contributed by atoms with Gasteiger partial charge >= 0.3 is 0 Å². The van der Waals surface area contributed by atoms with E-state index in [0.29, 0.717) is 5.41 Å². The second-order valence-electron chi connectivity index (χ2n) is 5.41. The highest BCUT2D eigenvalue weighted by Crippen LogP contribution is 2.39. The average Bonchev–Trinajstić information content (AvgIpc) is 2.75. The molecule has 4 nitrogen and oxygen atoms in total. The molecule has 2 aliphatic rings. The van der Waals surface area contributed by atoms with E-state index in [1.165, 1.54) is 44.6 Å². The number of aryl methyl sites for hydroxylation is 1. The number of halogens is 1. The van der Waals surface area contributed by atoms with E-state index in [1.54, 1.807) is 0 Å². The Labute approximate surface area is 115 Å². The van der Waals surface area contributed by atoms with Gasteiger partial charge in [-0.15, -0.1) is 12.4 Å². The maximum absolute atomic E-state index is 4.29. The molecule has 18 heavy (non-hydrogen) atoms. The predicted molar refractivity (Wildman–Crippen MR) is 75.4 cm³/mol. The van der Waals surface area contributed by atoms with Gasteiger partial charge in [0, 0.05) is 13.1 Å². The summed E-state index contributed by atoms with van der Waals surface area (Å²) in [5.41, 5.74) is 1.74. The molecule has 2 aliphatic heterocycles. The molecule has 2 saturated heterocycles. The molecule has 0 saturated carbocycles.